The molecule has 1 heterocycles. The predicted octanol–water partition coefficient (Wildman–Crippen LogP) is 1.73. The summed E-state index contributed by atoms with van der Waals surface area (Å²) >= 11 is 0. The SMILES string of the molecule is CNC(CC1OCCO1)c1cc(OC)ccc1OC. The number of nitrogens with one attached hydrogen (secondary N) is 1. The minimum atomic E-state index is -0.159. The van der Waals surface area contributed by atoms with Crippen molar-refractivity contribution in [3.05, 3.63) is 23.8 Å². The molecule has 0 aliphatic carbocycles. The van der Waals surface area contributed by atoms with Gasteiger partial charge in [0.25, 0.3) is 0 Å². The Balaban J connectivity index is 2.19. The summed E-state index contributed by atoms with van der Waals surface area (Å²) in [5.41, 5.74) is 1.04. The molecule has 1 saturated heterocycles. The number of hydrogen-bond acceptors (Lipinski definition) is 5. The molecule has 0 amide bonds. The van der Waals surface area contributed by atoms with Crippen LogP contribution >= 0.6 is 0 Å². The van der Waals surface area contributed by atoms with E-state index in [0.717, 1.165) is 23.5 Å². The highest BCUT2D eigenvalue weighted by Gasteiger charge is 2.24. The van der Waals surface area contributed by atoms with Crippen molar-refractivity contribution in [1.29, 1.82) is 0 Å². The molecule has 1 aromatic rings. The minimum Gasteiger partial charge on any atom is -0.497 e. The summed E-state index contributed by atoms with van der Waals surface area (Å²) < 4.78 is 21.7. The van der Waals surface area contributed by atoms with Crippen molar-refractivity contribution in [3.63, 3.8) is 0 Å². The quantitative estimate of drug-likeness (QED) is 0.850. The Kier molecular flexibility index (Phi) is 5.01. The van der Waals surface area contributed by atoms with Gasteiger partial charge in [-0.2, -0.15) is 0 Å². The summed E-state index contributed by atoms with van der Waals surface area (Å²) in [5, 5.41) is 3.28. The molecule has 1 fully saturated rings. The van der Waals surface area contributed by atoms with E-state index in [0.29, 0.717) is 13.2 Å². The highest BCUT2D eigenvalue weighted by atomic mass is 16.7. The van der Waals surface area contributed by atoms with Crippen LogP contribution in [0.1, 0.15) is 18.0 Å². The van der Waals surface area contributed by atoms with Gasteiger partial charge in [-0.1, -0.05) is 0 Å². The lowest BCUT2D eigenvalue weighted by atomic mass is 10.0. The number of methoxy groups -OCH3 is 2. The summed E-state index contributed by atoms with van der Waals surface area (Å²) in [4.78, 5) is 0. The third kappa shape index (κ3) is 3.37. The lowest BCUT2D eigenvalue weighted by Gasteiger charge is -2.22. The predicted molar refractivity (Wildman–Crippen MR) is 71.7 cm³/mol. The van der Waals surface area contributed by atoms with Gasteiger partial charge in [0.1, 0.15) is 11.5 Å². The summed E-state index contributed by atoms with van der Waals surface area (Å²) in [6.07, 6.45) is 0.577. The van der Waals surface area contributed by atoms with E-state index in [1.54, 1.807) is 14.2 Å². The minimum absolute atomic E-state index is 0.0909. The first-order valence-corrected chi connectivity index (χ1v) is 6.41. The zero-order valence-electron chi connectivity index (χ0n) is 11.6. The van der Waals surface area contributed by atoms with Crippen LogP contribution in [0.15, 0.2) is 18.2 Å². The Morgan fingerprint density at radius 2 is 2.00 bits per heavy atom. The lowest BCUT2D eigenvalue weighted by molar-refractivity contribution is -0.0527. The van der Waals surface area contributed by atoms with Crippen LogP contribution in [-0.4, -0.2) is 40.8 Å². The fraction of sp³-hybridized carbons (Fsp3) is 0.571. The van der Waals surface area contributed by atoms with E-state index in [9.17, 15) is 0 Å². The van der Waals surface area contributed by atoms with Crippen LogP contribution in [0.4, 0.5) is 0 Å². The molecule has 5 heteroatoms. The molecule has 0 radical (unpaired) electrons. The van der Waals surface area contributed by atoms with Crippen molar-refractivity contribution in [3.8, 4) is 11.5 Å². The molecule has 0 saturated carbocycles. The Hall–Kier alpha value is -1.30. The molecule has 1 aliphatic heterocycles. The van der Waals surface area contributed by atoms with E-state index < -0.39 is 0 Å². The summed E-state index contributed by atoms with van der Waals surface area (Å²) in [5.74, 6) is 1.64. The molecule has 1 atom stereocenters. The summed E-state index contributed by atoms with van der Waals surface area (Å²) in [6, 6.07) is 5.87. The largest absolute Gasteiger partial charge is 0.497 e. The Morgan fingerprint density at radius 3 is 2.58 bits per heavy atom. The van der Waals surface area contributed by atoms with Crippen molar-refractivity contribution in [2.24, 2.45) is 0 Å². The lowest BCUT2D eigenvalue weighted by Crippen LogP contribution is -2.23. The first-order valence-electron chi connectivity index (χ1n) is 6.41. The number of rotatable bonds is 6. The first kappa shape index (κ1) is 14.1. The zero-order valence-corrected chi connectivity index (χ0v) is 11.6. The van der Waals surface area contributed by atoms with E-state index in [-0.39, 0.29) is 12.3 Å². The Morgan fingerprint density at radius 1 is 1.26 bits per heavy atom. The maximum Gasteiger partial charge on any atom is 0.159 e. The van der Waals surface area contributed by atoms with Gasteiger partial charge >= 0.3 is 0 Å². The van der Waals surface area contributed by atoms with Crippen LogP contribution in [0, 0.1) is 0 Å². The number of hydrogen-bond donors (Lipinski definition) is 1. The molecule has 1 aromatic carbocycles. The molecule has 1 aliphatic rings. The molecular weight excluding hydrogens is 246 g/mol. The smallest absolute Gasteiger partial charge is 0.159 e. The van der Waals surface area contributed by atoms with Crippen molar-refractivity contribution >= 4 is 0 Å². The van der Waals surface area contributed by atoms with Crippen molar-refractivity contribution in [1.82, 2.24) is 5.32 Å². The maximum atomic E-state index is 5.50. The number of benzene rings is 1. The van der Waals surface area contributed by atoms with Crippen molar-refractivity contribution < 1.29 is 18.9 Å². The van der Waals surface area contributed by atoms with Gasteiger partial charge in [0.15, 0.2) is 6.29 Å². The van der Waals surface area contributed by atoms with Crippen molar-refractivity contribution in [2.75, 3.05) is 34.5 Å². The van der Waals surface area contributed by atoms with Crippen LogP contribution in [0.2, 0.25) is 0 Å². The van der Waals surface area contributed by atoms with E-state index in [1.807, 2.05) is 25.2 Å². The van der Waals surface area contributed by atoms with Gasteiger partial charge in [-0.3, -0.25) is 0 Å². The highest BCUT2D eigenvalue weighted by Crippen LogP contribution is 2.32. The maximum absolute atomic E-state index is 5.50. The van der Waals surface area contributed by atoms with Crippen LogP contribution < -0.4 is 14.8 Å². The van der Waals surface area contributed by atoms with Gasteiger partial charge in [-0.05, 0) is 25.2 Å². The summed E-state index contributed by atoms with van der Waals surface area (Å²) in [7, 11) is 5.24. The second-order valence-electron chi connectivity index (χ2n) is 4.36. The highest BCUT2D eigenvalue weighted by molar-refractivity contribution is 5.42. The fourth-order valence-electron chi connectivity index (χ4n) is 2.25. The molecule has 0 aromatic heterocycles. The van der Waals surface area contributed by atoms with Crippen LogP contribution in [-0.2, 0) is 9.47 Å². The molecule has 1 unspecified atom stereocenters. The standard InChI is InChI=1S/C14H21NO4/c1-15-12(9-14-18-6-7-19-14)11-8-10(16-2)4-5-13(11)17-3/h4-5,8,12,14-15H,6-7,9H2,1-3H3. The normalized spacial score (nSPS) is 17.4. The molecule has 0 spiro atoms. The van der Waals surface area contributed by atoms with Gasteiger partial charge in [-0.25, -0.2) is 0 Å². The van der Waals surface area contributed by atoms with E-state index in [1.165, 1.54) is 0 Å². The fourth-order valence-corrected chi connectivity index (χ4v) is 2.25. The molecule has 1 N–H and O–H groups in total. The van der Waals surface area contributed by atoms with Gasteiger partial charge < -0.3 is 24.3 Å². The van der Waals surface area contributed by atoms with Crippen molar-refractivity contribution in [2.45, 2.75) is 18.8 Å². The molecule has 0 bridgehead atoms. The third-order valence-corrected chi connectivity index (χ3v) is 3.28. The summed E-state index contributed by atoms with van der Waals surface area (Å²) in [6.45, 7) is 1.33. The van der Waals surface area contributed by atoms with Gasteiger partial charge in [0, 0.05) is 18.0 Å². The second kappa shape index (κ2) is 6.75. The van der Waals surface area contributed by atoms with E-state index in [4.69, 9.17) is 18.9 Å². The monoisotopic (exact) mass is 267 g/mol. The Bertz CT molecular complexity index is 404. The zero-order chi connectivity index (χ0) is 13.7. The number of ether oxygens (including phenoxy) is 4. The molecular formula is C14H21NO4. The Labute approximate surface area is 113 Å². The van der Waals surface area contributed by atoms with Gasteiger partial charge in [0.05, 0.1) is 27.4 Å². The van der Waals surface area contributed by atoms with Crippen LogP contribution in [0.5, 0.6) is 11.5 Å². The average molecular weight is 267 g/mol. The molecule has 19 heavy (non-hydrogen) atoms. The molecule has 2 rings (SSSR count). The van der Waals surface area contributed by atoms with Crippen LogP contribution in [0.3, 0.4) is 0 Å². The second-order valence-corrected chi connectivity index (χ2v) is 4.36. The van der Waals surface area contributed by atoms with Gasteiger partial charge in [-0.15, -0.1) is 0 Å². The first-order chi connectivity index (χ1) is 9.28. The van der Waals surface area contributed by atoms with E-state index >= 15 is 0 Å². The van der Waals surface area contributed by atoms with Crippen LogP contribution in [0.25, 0.3) is 0 Å². The molecule has 106 valence electrons. The average Bonchev–Trinajstić information content (AvgIpc) is 2.97. The van der Waals surface area contributed by atoms with E-state index in [2.05, 4.69) is 5.32 Å². The third-order valence-electron chi connectivity index (χ3n) is 3.28. The molecule has 5 nitrogen and oxygen atoms in total. The topological polar surface area (TPSA) is 49.0 Å². The van der Waals surface area contributed by atoms with Gasteiger partial charge in [0.2, 0.25) is 0 Å².